The summed E-state index contributed by atoms with van der Waals surface area (Å²) in [4.78, 5) is 11.4. The molecule has 1 atom stereocenters. The van der Waals surface area contributed by atoms with E-state index >= 15 is 0 Å². The number of epoxide rings is 1. The van der Waals surface area contributed by atoms with Crippen LogP contribution in [0.15, 0.2) is 11.0 Å². The van der Waals surface area contributed by atoms with Crippen molar-refractivity contribution < 1.29 is 4.74 Å². The third-order valence-electron chi connectivity index (χ3n) is 1.72. The van der Waals surface area contributed by atoms with Crippen LogP contribution in [0.5, 0.6) is 0 Å². The van der Waals surface area contributed by atoms with Crippen molar-refractivity contribution in [2.75, 3.05) is 6.61 Å². The molecule has 0 radical (unpaired) electrons. The van der Waals surface area contributed by atoms with E-state index in [0.29, 0.717) is 13.2 Å². The van der Waals surface area contributed by atoms with Crippen molar-refractivity contribution in [1.82, 2.24) is 9.78 Å². The van der Waals surface area contributed by atoms with E-state index in [-0.39, 0.29) is 21.7 Å². The SMILES string of the molecule is O=c1c(Cl)c(Cl)cnn1CC1CO1. The summed E-state index contributed by atoms with van der Waals surface area (Å²) in [6.45, 7) is 1.12. The van der Waals surface area contributed by atoms with Gasteiger partial charge in [-0.1, -0.05) is 23.2 Å². The lowest BCUT2D eigenvalue weighted by molar-refractivity contribution is 0.368. The van der Waals surface area contributed by atoms with Crippen LogP contribution in [0.1, 0.15) is 0 Å². The molecule has 70 valence electrons. The van der Waals surface area contributed by atoms with Crippen LogP contribution in [0.2, 0.25) is 10.0 Å². The van der Waals surface area contributed by atoms with Gasteiger partial charge in [-0.2, -0.15) is 5.10 Å². The van der Waals surface area contributed by atoms with Gasteiger partial charge >= 0.3 is 0 Å². The quantitative estimate of drug-likeness (QED) is 0.698. The summed E-state index contributed by atoms with van der Waals surface area (Å²) < 4.78 is 6.22. The molecule has 6 heteroatoms. The molecule has 1 unspecified atom stereocenters. The van der Waals surface area contributed by atoms with Gasteiger partial charge in [0.05, 0.1) is 24.4 Å². The maximum atomic E-state index is 11.4. The Labute approximate surface area is 84.0 Å². The first-order valence-corrected chi connectivity index (χ1v) is 4.47. The topological polar surface area (TPSA) is 47.4 Å². The van der Waals surface area contributed by atoms with E-state index in [4.69, 9.17) is 27.9 Å². The Morgan fingerprint density at radius 3 is 3.00 bits per heavy atom. The summed E-state index contributed by atoms with van der Waals surface area (Å²) in [6.07, 6.45) is 1.45. The average molecular weight is 221 g/mol. The largest absolute Gasteiger partial charge is 0.371 e. The van der Waals surface area contributed by atoms with Gasteiger partial charge in [0.2, 0.25) is 0 Å². The van der Waals surface area contributed by atoms with Gasteiger partial charge in [-0.3, -0.25) is 4.79 Å². The van der Waals surface area contributed by atoms with Gasteiger partial charge < -0.3 is 4.74 Å². The van der Waals surface area contributed by atoms with Gasteiger partial charge in [0, 0.05) is 0 Å². The fourth-order valence-electron chi connectivity index (χ4n) is 0.941. The van der Waals surface area contributed by atoms with E-state index in [1.165, 1.54) is 10.9 Å². The van der Waals surface area contributed by atoms with Gasteiger partial charge in [0.15, 0.2) is 0 Å². The average Bonchev–Trinajstić information content (AvgIpc) is 2.90. The van der Waals surface area contributed by atoms with E-state index < -0.39 is 0 Å². The van der Waals surface area contributed by atoms with Crippen LogP contribution in [-0.4, -0.2) is 22.5 Å². The minimum absolute atomic E-state index is 0.0114. The Morgan fingerprint density at radius 1 is 1.69 bits per heavy atom. The normalized spacial score (nSPS) is 20.3. The minimum Gasteiger partial charge on any atom is -0.371 e. The molecule has 0 N–H and O–H groups in total. The summed E-state index contributed by atoms with van der Waals surface area (Å²) in [5.74, 6) is 0. The number of halogens is 2. The van der Waals surface area contributed by atoms with E-state index in [9.17, 15) is 4.79 Å². The van der Waals surface area contributed by atoms with Crippen LogP contribution in [-0.2, 0) is 11.3 Å². The number of rotatable bonds is 2. The summed E-state index contributed by atoms with van der Waals surface area (Å²) in [5.41, 5.74) is -0.371. The number of aromatic nitrogens is 2. The molecule has 0 aliphatic carbocycles. The van der Waals surface area contributed by atoms with Gasteiger partial charge in [0.25, 0.3) is 5.56 Å². The molecule has 1 fully saturated rings. The molecule has 13 heavy (non-hydrogen) atoms. The molecular formula is C7H6Cl2N2O2. The first-order chi connectivity index (χ1) is 6.18. The molecular weight excluding hydrogens is 215 g/mol. The number of hydrogen-bond donors (Lipinski definition) is 0. The molecule has 0 amide bonds. The maximum absolute atomic E-state index is 11.4. The van der Waals surface area contributed by atoms with Crippen LogP contribution in [0.25, 0.3) is 0 Å². The molecule has 1 aromatic rings. The third-order valence-corrected chi connectivity index (χ3v) is 2.47. The van der Waals surface area contributed by atoms with Crippen LogP contribution < -0.4 is 5.56 Å². The summed E-state index contributed by atoms with van der Waals surface area (Å²) in [7, 11) is 0. The molecule has 1 saturated heterocycles. The fourth-order valence-corrected chi connectivity index (χ4v) is 1.21. The second-order valence-corrected chi connectivity index (χ2v) is 3.53. The Bertz CT molecular complexity index is 387. The molecule has 0 bridgehead atoms. The van der Waals surface area contributed by atoms with Crippen molar-refractivity contribution in [2.45, 2.75) is 12.6 Å². The second kappa shape index (κ2) is 3.29. The second-order valence-electron chi connectivity index (χ2n) is 2.75. The monoisotopic (exact) mass is 220 g/mol. The Kier molecular flexibility index (Phi) is 2.27. The molecule has 0 spiro atoms. The lowest BCUT2D eigenvalue weighted by Crippen LogP contribution is -2.25. The van der Waals surface area contributed by atoms with Crippen LogP contribution in [0.4, 0.5) is 0 Å². The molecule has 0 saturated carbocycles. The van der Waals surface area contributed by atoms with Crippen molar-refractivity contribution in [3.05, 3.63) is 26.6 Å². The summed E-state index contributed by atoms with van der Waals surface area (Å²) in [5, 5.41) is 4.02. The van der Waals surface area contributed by atoms with Crippen LogP contribution in [0, 0.1) is 0 Å². The predicted octanol–water partition coefficient (Wildman–Crippen LogP) is 0.949. The predicted molar refractivity (Wildman–Crippen MR) is 48.3 cm³/mol. The zero-order valence-corrected chi connectivity index (χ0v) is 8.05. The van der Waals surface area contributed by atoms with Gasteiger partial charge in [-0.25, -0.2) is 4.68 Å². The maximum Gasteiger partial charge on any atom is 0.287 e. The fraction of sp³-hybridized carbons (Fsp3) is 0.429. The minimum atomic E-state index is -0.371. The first kappa shape index (κ1) is 8.99. The Balaban J connectivity index is 2.35. The number of nitrogens with zero attached hydrogens (tertiary/aromatic N) is 2. The molecule has 2 heterocycles. The summed E-state index contributed by atoms with van der Waals surface area (Å²) >= 11 is 11.2. The number of hydrogen-bond acceptors (Lipinski definition) is 3. The van der Waals surface area contributed by atoms with Crippen molar-refractivity contribution in [3.63, 3.8) is 0 Å². The van der Waals surface area contributed by atoms with Crippen molar-refractivity contribution in [3.8, 4) is 0 Å². The van der Waals surface area contributed by atoms with Gasteiger partial charge in [-0.15, -0.1) is 0 Å². The Hall–Kier alpha value is -0.580. The van der Waals surface area contributed by atoms with E-state index in [2.05, 4.69) is 5.10 Å². The van der Waals surface area contributed by atoms with E-state index in [0.717, 1.165) is 0 Å². The third kappa shape index (κ3) is 1.85. The highest BCUT2D eigenvalue weighted by Gasteiger charge is 2.24. The molecule has 1 aromatic heterocycles. The molecule has 4 nitrogen and oxygen atoms in total. The van der Waals surface area contributed by atoms with E-state index in [1.54, 1.807) is 0 Å². The van der Waals surface area contributed by atoms with Crippen molar-refractivity contribution in [2.24, 2.45) is 0 Å². The molecule has 1 aliphatic heterocycles. The first-order valence-electron chi connectivity index (χ1n) is 3.71. The smallest absolute Gasteiger partial charge is 0.287 e. The lowest BCUT2D eigenvalue weighted by Gasteiger charge is -2.01. The van der Waals surface area contributed by atoms with Crippen molar-refractivity contribution >= 4 is 23.2 Å². The molecule has 0 aromatic carbocycles. The summed E-state index contributed by atoms with van der Waals surface area (Å²) in [6, 6.07) is 0. The lowest BCUT2D eigenvalue weighted by atomic mass is 10.4. The highest BCUT2D eigenvalue weighted by molar-refractivity contribution is 6.41. The van der Waals surface area contributed by atoms with Crippen molar-refractivity contribution in [1.29, 1.82) is 0 Å². The van der Waals surface area contributed by atoms with Gasteiger partial charge in [0.1, 0.15) is 11.1 Å². The zero-order valence-electron chi connectivity index (χ0n) is 6.54. The zero-order chi connectivity index (χ0) is 9.42. The standard InChI is InChI=1S/C7H6Cl2N2O2/c8-5-1-10-11(2-4-3-13-4)7(12)6(5)9/h1,4H,2-3H2. The highest BCUT2D eigenvalue weighted by Crippen LogP contribution is 2.16. The van der Waals surface area contributed by atoms with Gasteiger partial charge in [-0.05, 0) is 0 Å². The highest BCUT2D eigenvalue weighted by atomic mass is 35.5. The molecule has 1 aliphatic rings. The Morgan fingerprint density at radius 2 is 2.38 bits per heavy atom. The van der Waals surface area contributed by atoms with Crippen LogP contribution in [0.3, 0.4) is 0 Å². The number of ether oxygens (including phenoxy) is 1. The van der Waals surface area contributed by atoms with Crippen LogP contribution >= 0.6 is 23.2 Å². The molecule has 2 rings (SSSR count). The van der Waals surface area contributed by atoms with E-state index in [1.807, 2.05) is 0 Å².